The number of halogens is 1. The first kappa shape index (κ1) is 11.6. The monoisotopic (exact) mass is 259 g/mol. The molecule has 1 N–H and O–H groups in total. The lowest BCUT2D eigenvalue weighted by molar-refractivity contribution is 0.282. The molecule has 0 amide bonds. The Morgan fingerprint density at radius 1 is 1.17 bits per heavy atom. The van der Waals surface area contributed by atoms with Gasteiger partial charge in [-0.3, -0.25) is 0 Å². The Morgan fingerprint density at radius 3 is 2.72 bits per heavy atom. The SMILES string of the molecule is CCn1c2ccc(CO)cc2c2c(Cl)cccc21. The second-order valence-corrected chi connectivity index (χ2v) is 4.80. The molecule has 0 aliphatic heterocycles. The second kappa shape index (κ2) is 4.30. The fourth-order valence-corrected chi connectivity index (χ4v) is 2.86. The zero-order valence-corrected chi connectivity index (χ0v) is 10.9. The first-order valence-electron chi connectivity index (χ1n) is 6.06. The van der Waals surface area contributed by atoms with Crippen LogP contribution in [-0.2, 0) is 13.2 Å². The van der Waals surface area contributed by atoms with Gasteiger partial charge in [0.1, 0.15) is 0 Å². The molecule has 0 bridgehead atoms. The zero-order valence-electron chi connectivity index (χ0n) is 10.2. The van der Waals surface area contributed by atoms with Crippen molar-refractivity contribution < 1.29 is 5.11 Å². The van der Waals surface area contributed by atoms with Crippen molar-refractivity contribution >= 4 is 33.4 Å². The Kier molecular flexibility index (Phi) is 2.77. The number of hydrogen-bond donors (Lipinski definition) is 1. The average molecular weight is 260 g/mol. The zero-order chi connectivity index (χ0) is 12.7. The topological polar surface area (TPSA) is 25.2 Å². The summed E-state index contributed by atoms with van der Waals surface area (Å²) >= 11 is 6.33. The average Bonchev–Trinajstić information content (AvgIpc) is 2.72. The van der Waals surface area contributed by atoms with Gasteiger partial charge in [0.25, 0.3) is 0 Å². The van der Waals surface area contributed by atoms with E-state index in [1.54, 1.807) is 0 Å². The van der Waals surface area contributed by atoms with Gasteiger partial charge in [0.05, 0.1) is 17.1 Å². The van der Waals surface area contributed by atoms with Crippen LogP contribution in [0.4, 0.5) is 0 Å². The maximum Gasteiger partial charge on any atom is 0.0682 e. The van der Waals surface area contributed by atoms with Gasteiger partial charge < -0.3 is 9.67 Å². The maximum absolute atomic E-state index is 9.26. The summed E-state index contributed by atoms with van der Waals surface area (Å²) in [6, 6.07) is 12.0. The molecule has 2 aromatic carbocycles. The smallest absolute Gasteiger partial charge is 0.0682 e. The van der Waals surface area contributed by atoms with E-state index in [-0.39, 0.29) is 6.61 Å². The first-order chi connectivity index (χ1) is 8.76. The van der Waals surface area contributed by atoms with Crippen molar-refractivity contribution in [1.29, 1.82) is 0 Å². The first-order valence-corrected chi connectivity index (χ1v) is 6.44. The summed E-state index contributed by atoms with van der Waals surface area (Å²) < 4.78 is 2.25. The van der Waals surface area contributed by atoms with Gasteiger partial charge in [-0.2, -0.15) is 0 Å². The molecule has 0 aliphatic carbocycles. The van der Waals surface area contributed by atoms with Gasteiger partial charge in [0.2, 0.25) is 0 Å². The van der Waals surface area contributed by atoms with Gasteiger partial charge in [-0.05, 0) is 36.8 Å². The maximum atomic E-state index is 9.26. The third-order valence-electron chi connectivity index (χ3n) is 3.40. The highest BCUT2D eigenvalue weighted by Gasteiger charge is 2.12. The summed E-state index contributed by atoms with van der Waals surface area (Å²) in [5, 5.41) is 12.2. The fourth-order valence-electron chi connectivity index (χ4n) is 2.59. The Hall–Kier alpha value is -1.51. The lowest BCUT2D eigenvalue weighted by atomic mass is 10.1. The lowest BCUT2D eigenvalue weighted by Crippen LogP contribution is -1.92. The highest BCUT2D eigenvalue weighted by molar-refractivity contribution is 6.38. The Balaban J connectivity index is 2.54. The van der Waals surface area contributed by atoms with Crippen LogP contribution >= 0.6 is 11.6 Å². The minimum absolute atomic E-state index is 0.0548. The van der Waals surface area contributed by atoms with Crippen molar-refractivity contribution in [2.24, 2.45) is 0 Å². The lowest BCUT2D eigenvalue weighted by Gasteiger charge is -2.03. The quantitative estimate of drug-likeness (QED) is 0.740. The van der Waals surface area contributed by atoms with Gasteiger partial charge in [-0.15, -0.1) is 0 Å². The van der Waals surface area contributed by atoms with E-state index < -0.39 is 0 Å². The number of aryl methyl sites for hydroxylation is 1. The van der Waals surface area contributed by atoms with Gasteiger partial charge in [-0.1, -0.05) is 23.7 Å². The predicted molar refractivity (Wildman–Crippen MR) is 76.1 cm³/mol. The van der Waals surface area contributed by atoms with Crippen molar-refractivity contribution in [3.63, 3.8) is 0 Å². The number of aromatic nitrogens is 1. The van der Waals surface area contributed by atoms with Crippen LogP contribution in [0.25, 0.3) is 21.8 Å². The number of rotatable bonds is 2. The fraction of sp³-hybridized carbons (Fsp3) is 0.200. The number of aliphatic hydroxyl groups excluding tert-OH is 1. The Morgan fingerprint density at radius 2 is 2.00 bits per heavy atom. The van der Waals surface area contributed by atoms with Crippen molar-refractivity contribution in [2.75, 3.05) is 0 Å². The number of aliphatic hydroxyl groups is 1. The standard InChI is InChI=1S/C15H14ClNO/c1-2-17-13-7-6-10(9-18)8-11(13)15-12(16)4-3-5-14(15)17/h3-8,18H,2,9H2,1H3. The van der Waals surface area contributed by atoms with E-state index in [4.69, 9.17) is 11.6 Å². The molecule has 0 radical (unpaired) electrons. The van der Waals surface area contributed by atoms with Gasteiger partial charge in [-0.25, -0.2) is 0 Å². The highest BCUT2D eigenvalue weighted by Crippen LogP contribution is 2.34. The summed E-state index contributed by atoms with van der Waals surface area (Å²) in [5.74, 6) is 0. The number of benzene rings is 2. The van der Waals surface area contributed by atoms with Crippen molar-refractivity contribution in [3.8, 4) is 0 Å². The molecule has 1 heterocycles. The molecule has 0 spiro atoms. The molecule has 92 valence electrons. The number of nitrogens with zero attached hydrogens (tertiary/aromatic N) is 1. The van der Waals surface area contributed by atoms with Gasteiger partial charge in [0.15, 0.2) is 0 Å². The molecule has 0 saturated carbocycles. The van der Waals surface area contributed by atoms with E-state index in [1.165, 1.54) is 0 Å². The van der Waals surface area contributed by atoms with E-state index in [0.29, 0.717) is 0 Å². The molecule has 3 rings (SSSR count). The molecule has 0 saturated heterocycles. The predicted octanol–water partition coefficient (Wildman–Crippen LogP) is 3.96. The second-order valence-electron chi connectivity index (χ2n) is 4.39. The minimum atomic E-state index is 0.0548. The molecule has 3 heteroatoms. The summed E-state index contributed by atoms with van der Waals surface area (Å²) in [6.07, 6.45) is 0. The molecule has 0 aliphatic rings. The summed E-state index contributed by atoms with van der Waals surface area (Å²) in [7, 11) is 0. The van der Waals surface area contributed by atoms with Crippen LogP contribution < -0.4 is 0 Å². The van der Waals surface area contributed by atoms with Crippen molar-refractivity contribution in [3.05, 3.63) is 47.0 Å². The van der Waals surface area contributed by atoms with Gasteiger partial charge >= 0.3 is 0 Å². The molecule has 2 nitrogen and oxygen atoms in total. The molecule has 0 fully saturated rings. The van der Waals surface area contributed by atoms with Crippen LogP contribution in [0.5, 0.6) is 0 Å². The largest absolute Gasteiger partial charge is 0.392 e. The van der Waals surface area contributed by atoms with E-state index >= 15 is 0 Å². The van der Waals surface area contributed by atoms with Crippen LogP contribution in [0.15, 0.2) is 36.4 Å². The molecule has 3 aromatic rings. The van der Waals surface area contributed by atoms with E-state index in [0.717, 1.165) is 38.9 Å². The van der Waals surface area contributed by atoms with Crippen LogP contribution in [0.1, 0.15) is 12.5 Å². The third kappa shape index (κ3) is 1.53. The van der Waals surface area contributed by atoms with Crippen molar-refractivity contribution in [2.45, 2.75) is 20.1 Å². The number of hydrogen-bond acceptors (Lipinski definition) is 1. The summed E-state index contributed by atoms with van der Waals surface area (Å²) in [5.41, 5.74) is 3.23. The Bertz CT molecular complexity index is 730. The van der Waals surface area contributed by atoms with Crippen LogP contribution in [-0.4, -0.2) is 9.67 Å². The molecular weight excluding hydrogens is 246 g/mol. The normalized spacial score (nSPS) is 11.5. The van der Waals surface area contributed by atoms with Crippen LogP contribution in [0.2, 0.25) is 5.02 Å². The van der Waals surface area contributed by atoms with Gasteiger partial charge in [0, 0.05) is 22.8 Å². The summed E-state index contributed by atoms with van der Waals surface area (Å²) in [4.78, 5) is 0. The molecule has 1 aromatic heterocycles. The third-order valence-corrected chi connectivity index (χ3v) is 3.72. The Labute approximate surface area is 110 Å². The van der Waals surface area contributed by atoms with E-state index in [9.17, 15) is 5.11 Å². The van der Waals surface area contributed by atoms with E-state index in [2.05, 4.69) is 23.6 Å². The number of fused-ring (bicyclic) bond motifs is 3. The van der Waals surface area contributed by atoms with E-state index in [1.807, 2.05) is 24.3 Å². The van der Waals surface area contributed by atoms with Crippen LogP contribution in [0.3, 0.4) is 0 Å². The molecular formula is C15H14ClNO. The molecule has 0 unspecified atom stereocenters. The molecule has 0 atom stereocenters. The van der Waals surface area contributed by atoms with Crippen LogP contribution in [0, 0.1) is 0 Å². The minimum Gasteiger partial charge on any atom is -0.392 e. The van der Waals surface area contributed by atoms with Crippen molar-refractivity contribution in [1.82, 2.24) is 4.57 Å². The molecule has 18 heavy (non-hydrogen) atoms. The highest BCUT2D eigenvalue weighted by atomic mass is 35.5. The summed E-state index contributed by atoms with van der Waals surface area (Å²) in [6.45, 7) is 3.08.